The monoisotopic (exact) mass is 487 g/mol. The summed E-state index contributed by atoms with van der Waals surface area (Å²) in [4.78, 5) is 17.1. The van der Waals surface area contributed by atoms with Crippen LogP contribution in [0.2, 0.25) is 0 Å². The number of anilines is 2. The topological polar surface area (TPSA) is 60.9 Å². The molecule has 1 fully saturated rings. The Balaban J connectivity index is 1.51. The summed E-state index contributed by atoms with van der Waals surface area (Å²) in [5.74, 6) is -0.749. The van der Waals surface area contributed by atoms with E-state index in [4.69, 9.17) is 0 Å². The largest absolute Gasteiger partial charge is 0.368 e. The molecule has 1 aliphatic rings. The van der Waals surface area contributed by atoms with Crippen LogP contribution in [0, 0.1) is 19.7 Å². The number of hydrogen-bond acceptors (Lipinski definition) is 5. The third-order valence-electron chi connectivity index (χ3n) is 5.98. The van der Waals surface area contributed by atoms with Crippen LogP contribution in [0.1, 0.15) is 11.1 Å². The first-order valence-corrected chi connectivity index (χ1v) is 13.0. The van der Waals surface area contributed by atoms with Crippen molar-refractivity contribution in [3.8, 4) is 0 Å². The van der Waals surface area contributed by atoms with Gasteiger partial charge < -0.3 is 9.80 Å². The number of aryl methyl sites for hydroxylation is 1. The Labute approximate surface area is 197 Å². The summed E-state index contributed by atoms with van der Waals surface area (Å²) in [7, 11) is -3.95. The second-order valence-corrected chi connectivity index (χ2v) is 11.0. The quantitative estimate of drug-likeness (QED) is 0.526. The fourth-order valence-corrected chi connectivity index (χ4v) is 6.46. The molecule has 1 aromatic heterocycles. The average Bonchev–Trinajstić information content (AvgIpc) is 3.36. The Bertz CT molecular complexity index is 1220. The second kappa shape index (κ2) is 9.52. The molecule has 4 rings (SSSR count). The zero-order chi connectivity index (χ0) is 23.6. The van der Waals surface area contributed by atoms with Crippen LogP contribution in [0.5, 0.6) is 0 Å². The Morgan fingerprint density at radius 3 is 2.33 bits per heavy atom. The zero-order valence-electron chi connectivity index (χ0n) is 18.6. The Morgan fingerprint density at radius 1 is 1.00 bits per heavy atom. The van der Waals surface area contributed by atoms with Crippen molar-refractivity contribution in [2.45, 2.75) is 18.1 Å². The minimum atomic E-state index is -3.95. The number of rotatable bonds is 6. The molecule has 0 radical (unpaired) electrons. The van der Waals surface area contributed by atoms with Gasteiger partial charge in [0.15, 0.2) is 0 Å². The molecule has 0 saturated carbocycles. The van der Waals surface area contributed by atoms with Gasteiger partial charge in [0.05, 0.1) is 5.69 Å². The lowest BCUT2D eigenvalue weighted by atomic mass is 10.1. The summed E-state index contributed by atoms with van der Waals surface area (Å²) >= 11 is 1.08. The maximum atomic E-state index is 13.5. The molecular weight excluding hydrogens is 461 g/mol. The van der Waals surface area contributed by atoms with Crippen molar-refractivity contribution >= 4 is 38.6 Å². The Kier molecular flexibility index (Phi) is 6.71. The lowest BCUT2D eigenvalue weighted by Gasteiger charge is -2.38. The van der Waals surface area contributed by atoms with Gasteiger partial charge in [-0.25, -0.2) is 12.8 Å². The van der Waals surface area contributed by atoms with Crippen molar-refractivity contribution in [2.24, 2.45) is 0 Å². The molecule has 0 aliphatic carbocycles. The molecule has 0 unspecified atom stereocenters. The number of piperazine rings is 1. The first-order valence-electron chi connectivity index (χ1n) is 10.7. The highest BCUT2D eigenvalue weighted by Crippen LogP contribution is 2.28. The summed E-state index contributed by atoms with van der Waals surface area (Å²) < 4.78 is 41.2. The van der Waals surface area contributed by atoms with E-state index >= 15 is 0 Å². The molecule has 0 N–H and O–H groups in total. The molecule has 6 nitrogen and oxygen atoms in total. The summed E-state index contributed by atoms with van der Waals surface area (Å²) in [6.07, 6.45) is 0. The molecule has 1 aliphatic heterocycles. The van der Waals surface area contributed by atoms with Crippen molar-refractivity contribution in [3.05, 3.63) is 76.9 Å². The fraction of sp³-hybridized carbons (Fsp3) is 0.292. The van der Waals surface area contributed by atoms with Crippen molar-refractivity contribution in [1.82, 2.24) is 4.90 Å². The molecule has 2 aromatic carbocycles. The third kappa shape index (κ3) is 4.89. The third-order valence-corrected chi connectivity index (χ3v) is 9.13. The van der Waals surface area contributed by atoms with E-state index in [0.717, 1.165) is 21.3 Å². The highest BCUT2D eigenvalue weighted by atomic mass is 32.2. The lowest BCUT2D eigenvalue weighted by molar-refractivity contribution is -0.129. The van der Waals surface area contributed by atoms with Gasteiger partial charge in [-0.1, -0.05) is 18.2 Å². The van der Waals surface area contributed by atoms with Crippen LogP contribution in [0.3, 0.4) is 0 Å². The number of nitrogens with zero attached hydrogens (tertiary/aromatic N) is 3. The van der Waals surface area contributed by atoms with Gasteiger partial charge >= 0.3 is 0 Å². The number of carbonyl (C=O) groups is 1. The molecule has 1 saturated heterocycles. The van der Waals surface area contributed by atoms with E-state index in [1.54, 1.807) is 16.3 Å². The van der Waals surface area contributed by atoms with E-state index in [0.29, 0.717) is 26.2 Å². The molecule has 9 heteroatoms. The summed E-state index contributed by atoms with van der Waals surface area (Å²) in [6.45, 7) is 6.18. The van der Waals surface area contributed by atoms with E-state index < -0.39 is 15.8 Å². The highest BCUT2D eigenvalue weighted by Gasteiger charge is 2.31. The normalized spacial score (nSPS) is 14.4. The van der Waals surface area contributed by atoms with Gasteiger partial charge in [0, 0.05) is 31.9 Å². The fourth-order valence-electron chi connectivity index (χ4n) is 3.94. The van der Waals surface area contributed by atoms with Crippen LogP contribution in [-0.4, -0.2) is 51.9 Å². The van der Waals surface area contributed by atoms with Crippen LogP contribution < -0.4 is 9.21 Å². The summed E-state index contributed by atoms with van der Waals surface area (Å²) in [5.41, 5.74) is 3.86. The van der Waals surface area contributed by atoms with Gasteiger partial charge in [-0.05, 0) is 66.8 Å². The highest BCUT2D eigenvalue weighted by molar-refractivity contribution is 7.94. The van der Waals surface area contributed by atoms with Gasteiger partial charge in [0.2, 0.25) is 5.91 Å². The standard InChI is InChI=1S/C24H26FN3O3S2/c1-18-5-3-6-22(19(18)2)26-12-14-27(15-13-26)23(29)17-28(21-10-8-20(25)9-11-21)33(30,31)24-7-4-16-32-24/h3-11,16H,12-15,17H2,1-2H3. The van der Waals surface area contributed by atoms with Crippen LogP contribution in [-0.2, 0) is 14.8 Å². The first kappa shape index (κ1) is 23.3. The number of carbonyl (C=O) groups excluding carboxylic acids is 1. The maximum Gasteiger partial charge on any atom is 0.274 e. The summed E-state index contributed by atoms with van der Waals surface area (Å²) in [5, 5.41) is 1.67. The minimum Gasteiger partial charge on any atom is -0.368 e. The van der Waals surface area contributed by atoms with E-state index in [1.165, 1.54) is 41.5 Å². The molecule has 0 atom stereocenters. The lowest BCUT2D eigenvalue weighted by Crippen LogP contribution is -2.52. The molecule has 3 aromatic rings. The zero-order valence-corrected chi connectivity index (χ0v) is 20.2. The minimum absolute atomic E-state index is 0.138. The van der Waals surface area contributed by atoms with Gasteiger partial charge in [0.1, 0.15) is 16.6 Å². The van der Waals surface area contributed by atoms with Crippen molar-refractivity contribution in [3.63, 3.8) is 0 Å². The molecule has 2 heterocycles. The van der Waals surface area contributed by atoms with Crippen LogP contribution in [0.15, 0.2) is 64.2 Å². The number of sulfonamides is 1. The average molecular weight is 488 g/mol. The molecule has 0 bridgehead atoms. The number of hydrogen-bond donors (Lipinski definition) is 0. The van der Waals surface area contributed by atoms with Crippen molar-refractivity contribution in [1.29, 1.82) is 0 Å². The smallest absolute Gasteiger partial charge is 0.274 e. The van der Waals surface area contributed by atoms with Crippen LogP contribution in [0.25, 0.3) is 0 Å². The van der Waals surface area contributed by atoms with Crippen LogP contribution in [0.4, 0.5) is 15.8 Å². The Morgan fingerprint density at radius 2 is 1.70 bits per heavy atom. The van der Waals surface area contributed by atoms with Gasteiger partial charge in [0.25, 0.3) is 10.0 Å². The maximum absolute atomic E-state index is 13.5. The van der Waals surface area contributed by atoms with Crippen LogP contribution >= 0.6 is 11.3 Å². The Hall–Kier alpha value is -2.91. The number of amides is 1. The summed E-state index contributed by atoms with van der Waals surface area (Å²) in [6, 6.07) is 14.5. The van der Waals surface area contributed by atoms with E-state index in [9.17, 15) is 17.6 Å². The molecule has 33 heavy (non-hydrogen) atoms. The predicted molar refractivity (Wildman–Crippen MR) is 130 cm³/mol. The van der Waals surface area contributed by atoms with Crippen molar-refractivity contribution in [2.75, 3.05) is 41.9 Å². The molecule has 0 spiro atoms. The number of halogens is 1. The van der Waals surface area contributed by atoms with Gasteiger partial charge in [-0.15, -0.1) is 11.3 Å². The van der Waals surface area contributed by atoms with Gasteiger partial charge in [-0.3, -0.25) is 9.10 Å². The van der Waals surface area contributed by atoms with E-state index in [1.807, 2.05) is 6.07 Å². The predicted octanol–water partition coefficient (Wildman–Crippen LogP) is 4.05. The van der Waals surface area contributed by atoms with Crippen molar-refractivity contribution < 1.29 is 17.6 Å². The molecule has 174 valence electrons. The number of benzene rings is 2. The first-order chi connectivity index (χ1) is 15.8. The molecule has 1 amide bonds. The number of thiophene rings is 1. The van der Waals surface area contributed by atoms with E-state index in [-0.39, 0.29) is 22.3 Å². The van der Waals surface area contributed by atoms with E-state index in [2.05, 4.69) is 30.9 Å². The molecular formula is C24H26FN3O3S2. The SMILES string of the molecule is Cc1cccc(N2CCN(C(=O)CN(c3ccc(F)cc3)S(=O)(=O)c3cccs3)CC2)c1C. The van der Waals surface area contributed by atoms with Gasteiger partial charge in [-0.2, -0.15) is 0 Å². The second-order valence-electron chi connectivity index (χ2n) is 8.01.